The zero-order valence-corrected chi connectivity index (χ0v) is 10.7. The van der Waals surface area contributed by atoms with Crippen molar-refractivity contribution in [3.8, 4) is 0 Å². The van der Waals surface area contributed by atoms with E-state index < -0.39 is 0 Å². The molecule has 92 valence electrons. The SMILES string of the molecule is CC(=O)N1CCNC(c2ccccc2)C1(C)C. The first-order valence-corrected chi connectivity index (χ1v) is 6.10. The van der Waals surface area contributed by atoms with Crippen LogP contribution in [-0.4, -0.2) is 29.4 Å². The second-order valence-electron chi connectivity index (χ2n) is 5.12. The van der Waals surface area contributed by atoms with E-state index in [4.69, 9.17) is 0 Å². The average molecular weight is 232 g/mol. The summed E-state index contributed by atoms with van der Waals surface area (Å²) in [4.78, 5) is 13.6. The average Bonchev–Trinajstić information content (AvgIpc) is 2.28. The molecular weight excluding hydrogens is 212 g/mol. The minimum absolute atomic E-state index is 0.150. The zero-order valence-electron chi connectivity index (χ0n) is 10.7. The number of nitrogens with one attached hydrogen (secondary N) is 1. The van der Waals surface area contributed by atoms with Crippen LogP contribution in [0, 0.1) is 0 Å². The molecule has 1 heterocycles. The fourth-order valence-electron chi connectivity index (χ4n) is 2.75. The Hall–Kier alpha value is -1.35. The van der Waals surface area contributed by atoms with Crippen LogP contribution in [0.5, 0.6) is 0 Å². The Balaban J connectivity index is 2.32. The maximum Gasteiger partial charge on any atom is 0.219 e. The molecule has 1 atom stereocenters. The van der Waals surface area contributed by atoms with Gasteiger partial charge in [-0.2, -0.15) is 0 Å². The zero-order chi connectivity index (χ0) is 12.5. The van der Waals surface area contributed by atoms with Crippen LogP contribution in [0.15, 0.2) is 30.3 Å². The van der Waals surface area contributed by atoms with E-state index in [0.717, 1.165) is 13.1 Å². The third kappa shape index (κ3) is 2.20. The largest absolute Gasteiger partial charge is 0.335 e. The quantitative estimate of drug-likeness (QED) is 0.802. The van der Waals surface area contributed by atoms with Gasteiger partial charge in [-0.25, -0.2) is 0 Å². The molecule has 0 bridgehead atoms. The van der Waals surface area contributed by atoms with Crippen LogP contribution >= 0.6 is 0 Å². The van der Waals surface area contributed by atoms with Crippen LogP contribution in [0.3, 0.4) is 0 Å². The minimum Gasteiger partial charge on any atom is -0.335 e. The number of benzene rings is 1. The lowest BCUT2D eigenvalue weighted by Crippen LogP contribution is -2.60. The van der Waals surface area contributed by atoms with Crippen LogP contribution in [0.1, 0.15) is 32.4 Å². The molecule has 1 aromatic carbocycles. The first kappa shape index (κ1) is 12.1. The Labute approximate surface area is 103 Å². The van der Waals surface area contributed by atoms with E-state index in [0.29, 0.717) is 0 Å². The van der Waals surface area contributed by atoms with Gasteiger partial charge in [0.1, 0.15) is 0 Å². The number of rotatable bonds is 1. The molecule has 1 aliphatic rings. The molecule has 2 rings (SSSR count). The molecule has 0 radical (unpaired) electrons. The third-order valence-electron chi connectivity index (χ3n) is 3.60. The van der Waals surface area contributed by atoms with Gasteiger partial charge in [-0.15, -0.1) is 0 Å². The topological polar surface area (TPSA) is 32.3 Å². The van der Waals surface area contributed by atoms with E-state index in [2.05, 4.69) is 31.3 Å². The van der Waals surface area contributed by atoms with Crippen LogP contribution in [-0.2, 0) is 4.79 Å². The molecule has 1 fully saturated rings. The Morgan fingerprint density at radius 2 is 2.00 bits per heavy atom. The molecular formula is C14H20N2O. The summed E-state index contributed by atoms with van der Waals surface area (Å²) in [5.41, 5.74) is 1.05. The van der Waals surface area contributed by atoms with Crippen molar-refractivity contribution >= 4 is 5.91 Å². The molecule has 1 saturated heterocycles. The second kappa shape index (κ2) is 4.49. The normalized spacial score (nSPS) is 23.5. The summed E-state index contributed by atoms with van der Waals surface area (Å²) in [5, 5.41) is 3.52. The van der Waals surface area contributed by atoms with E-state index >= 15 is 0 Å². The van der Waals surface area contributed by atoms with Crippen molar-refractivity contribution < 1.29 is 4.79 Å². The molecule has 17 heavy (non-hydrogen) atoms. The molecule has 1 amide bonds. The van der Waals surface area contributed by atoms with Crippen molar-refractivity contribution in [1.29, 1.82) is 0 Å². The number of nitrogens with zero attached hydrogens (tertiary/aromatic N) is 1. The van der Waals surface area contributed by atoms with Crippen molar-refractivity contribution in [1.82, 2.24) is 10.2 Å². The molecule has 0 spiro atoms. The molecule has 0 aliphatic carbocycles. The molecule has 3 heteroatoms. The van der Waals surface area contributed by atoms with Crippen molar-refractivity contribution in [2.24, 2.45) is 0 Å². The van der Waals surface area contributed by atoms with Crippen LogP contribution in [0.2, 0.25) is 0 Å². The molecule has 1 aromatic rings. The summed E-state index contributed by atoms with van der Waals surface area (Å²) in [6, 6.07) is 10.5. The lowest BCUT2D eigenvalue weighted by Gasteiger charge is -2.48. The minimum atomic E-state index is -0.189. The number of carbonyl (C=O) groups excluding carboxylic acids is 1. The number of hydrogen-bond acceptors (Lipinski definition) is 2. The van der Waals surface area contributed by atoms with Gasteiger partial charge in [-0.1, -0.05) is 30.3 Å². The third-order valence-corrected chi connectivity index (χ3v) is 3.60. The number of carbonyl (C=O) groups is 1. The van der Waals surface area contributed by atoms with Gasteiger partial charge in [0.05, 0.1) is 11.6 Å². The van der Waals surface area contributed by atoms with E-state index in [-0.39, 0.29) is 17.5 Å². The Kier molecular flexibility index (Phi) is 3.20. The van der Waals surface area contributed by atoms with Gasteiger partial charge in [0, 0.05) is 20.0 Å². The van der Waals surface area contributed by atoms with Gasteiger partial charge in [0.15, 0.2) is 0 Å². The number of amides is 1. The highest BCUT2D eigenvalue weighted by atomic mass is 16.2. The highest BCUT2D eigenvalue weighted by Gasteiger charge is 2.40. The Bertz CT molecular complexity index is 400. The van der Waals surface area contributed by atoms with Crippen LogP contribution in [0.25, 0.3) is 0 Å². The smallest absolute Gasteiger partial charge is 0.219 e. The summed E-state index contributed by atoms with van der Waals surface area (Å²) in [6.07, 6.45) is 0. The summed E-state index contributed by atoms with van der Waals surface area (Å²) >= 11 is 0. The van der Waals surface area contributed by atoms with Gasteiger partial charge >= 0.3 is 0 Å². The predicted octanol–water partition coefficient (Wildman–Crippen LogP) is 1.96. The van der Waals surface area contributed by atoms with Gasteiger partial charge in [-0.3, -0.25) is 4.79 Å². The monoisotopic (exact) mass is 232 g/mol. The summed E-state index contributed by atoms with van der Waals surface area (Å²) in [6.45, 7) is 7.53. The lowest BCUT2D eigenvalue weighted by atomic mass is 9.85. The summed E-state index contributed by atoms with van der Waals surface area (Å²) in [7, 11) is 0. The molecule has 0 aromatic heterocycles. The van der Waals surface area contributed by atoms with Gasteiger partial charge in [0.25, 0.3) is 0 Å². The molecule has 3 nitrogen and oxygen atoms in total. The molecule has 1 N–H and O–H groups in total. The molecule has 1 aliphatic heterocycles. The lowest BCUT2D eigenvalue weighted by molar-refractivity contribution is -0.137. The highest BCUT2D eigenvalue weighted by Crippen LogP contribution is 2.33. The second-order valence-corrected chi connectivity index (χ2v) is 5.12. The predicted molar refractivity (Wildman–Crippen MR) is 68.7 cm³/mol. The van der Waals surface area contributed by atoms with Crippen molar-refractivity contribution in [3.05, 3.63) is 35.9 Å². The first-order valence-electron chi connectivity index (χ1n) is 6.10. The fourth-order valence-corrected chi connectivity index (χ4v) is 2.75. The Morgan fingerprint density at radius 1 is 1.35 bits per heavy atom. The van der Waals surface area contributed by atoms with E-state index in [1.54, 1.807) is 6.92 Å². The highest BCUT2D eigenvalue weighted by molar-refractivity contribution is 5.74. The van der Waals surface area contributed by atoms with Gasteiger partial charge in [-0.05, 0) is 19.4 Å². The van der Waals surface area contributed by atoms with Gasteiger partial charge in [0.2, 0.25) is 5.91 Å². The summed E-state index contributed by atoms with van der Waals surface area (Å²) < 4.78 is 0. The molecule has 1 unspecified atom stereocenters. The van der Waals surface area contributed by atoms with Gasteiger partial charge < -0.3 is 10.2 Å². The fraction of sp³-hybridized carbons (Fsp3) is 0.500. The number of hydrogen-bond donors (Lipinski definition) is 1. The van der Waals surface area contributed by atoms with Crippen molar-refractivity contribution in [2.75, 3.05) is 13.1 Å². The van der Waals surface area contributed by atoms with Crippen molar-refractivity contribution in [3.63, 3.8) is 0 Å². The standard InChI is InChI=1S/C14H20N2O/c1-11(17)16-10-9-15-13(14(16,2)3)12-7-5-4-6-8-12/h4-8,13,15H,9-10H2,1-3H3. The van der Waals surface area contributed by atoms with E-state index in [1.165, 1.54) is 5.56 Å². The maximum absolute atomic E-state index is 11.7. The van der Waals surface area contributed by atoms with Crippen LogP contribution in [0.4, 0.5) is 0 Å². The Morgan fingerprint density at radius 3 is 2.59 bits per heavy atom. The van der Waals surface area contributed by atoms with Crippen LogP contribution < -0.4 is 5.32 Å². The van der Waals surface area contributed by atoms with E-state index in [9.17, 15) is 4.79 Å². The first-order chi connectivity index (χ1) is 8.03. The van der Waals surface area contributed by atoms with E-state index in [1.807, 2.05) is 23.1 Å². The summed E-state index contributed by atoms with van der Waals surface area (Å²) in [5.74, 6) is 0.150. The van der Waals surface area contributed by atoms with Crippen molar-refractivity contribution in [2.45, 2.75) is 32.4 Å². The maximum atomic E-state index is 11.7. The number of piperazine rings is 1. The molecule has 0 saturated carbocycles.